The van der Waals surface area contributed by atoms with E-state index in [0.29, 0.717) is 23.4 Å². The molecule has 0 spiro atoms. The van der Waals surface area contributed by atoms with Gasteiger partial charge in [0.05, 0.1) is 34.7 Å². The second kappa shape index (κ2) is 10.3. The Hall–Kier alpha value is -3.29. The van der Waals surface area contributed by atoms with Crippen LogP contribution < -0.4 is 5.32 Å². The Morgan fingerprint density at radius 1 is 0.950 bits per heavy atom. The molecule has 2 aliphatic rings. The second-order valence-corrected chi connectivity index (χ2v) is 10.4. The van der Waals surface area contributed by atoms with Crippen molar-refractivity contribution in [2.75, 3.05) is 0 Å². The molecule has 0 bridgehead atoms. The molecule has 216 valence electrons. The number of carbonyl (C=O) groups is 1. The van der Waals surface area contributed by atoms with Gasteiger partial charge in [-0.2, -0.15) is 39.5 Å². The number of hydrogen-bond acceptors (Lipinski definition) is 4. The summed E-state index contributed by atoms with van der Waals surface area (Å²) in [5.74, 6) is 0. The van der Waals surface area contributed by atoms with Crippen molar-refractivity contribution in [2.45, 2.75) is 56.4 Å². The maximum Gasteiger partial charge on any atom is 0.416 e. The zero-order chi connectivity index (χ0) is 29.8. The van der Waals surface area contributed by atoms with E-state index in [-0.39, 0.29) is 17.0 Å². The summed E-state index contributed by atoms with van der Waals surface area (Å²) >= 11 is 1.34. The van der Waals surface area contributed by atoms with Gasteiger partial charge >= 0.3 is 24.6 Å². The monoisotopic (exact) mass is 596 g/mol. The number of alkyl halides is 9. The van der Waals surface area contributed by atoms with Gasteiger partial charge in [-0.1, -0.05) is 12.6 Å². The minimum atomic E-state index is -5.11. The molecule has 4 rings (SSSR count). The molecular formula is C26H21F9N2O2S. The van der Waals surface area contributed by atoms with Crippen LogP contribution in [0.3, 0.4) is 0 Å². The first kappa shape index (κ1) is 29.7. The van der Waals surface area contributed by atoms with Crippen LogP contribution in [0.4, 0.5) is 44.3 Å². The Bertz CT molecular complexity index is 1330. The van der Waals surface area contributed by atoms with E-state index in [2.05, 4.69) is 11.9 Å². The molecule has 1 saturated heterocycles. The minimum absolute atomic E-state index is 0.0426. The summed E-state index contributed by atoms with van der Waals surface area (Å²) in [6, 6.07) is 2.70. The van der Waals surface area contributed by atoms with Gasteiger partial charge in [0, 0.05) is 11.3 Å². The molecule has 0 saturated carbocycles. The summed E-state index contributed by atoms with van der Waals surface area (Å²) in [6.07, 6.45) is -17.6. The number of ether oxygens (including phenoxy) is 1. The molecule has 1 unspecified atom stereocenters. The van der Waals surface area contributed by atoms with E-state index < -0.39 is 65.6 Å². The van der Waals surface area contributed by atoms with Crippen LogP contribution in [0.15, 0.2) is 54.0 Å². The van der Waals surface area contributed by atoms with Crippen LogP contribution in [0.5, 0.6) is 0 Å². The van der Waals surface area contributed by atoms with E-state index in [1.165, 1.54) is 24.8 Å². The fraction of sp³-hybridized carbons (Fsp3) is 0.346. The SMILES string of the molecule is C=C(C)C1NC(c2ccc(C(F)(F)F)cc2CN2C(=O)O[C@H](c3cc(C(F)(F)F)cc(C(F)(F)F)c3)[C@@H]2C)=CS1. The first-order valence-corrected chi connectivity index (χ1v) is 12.5. The number of halogens is 9. The first-order valence-electron chi connectivity index (χ1n) is 11.6. The van der Waals surface area contributed by atoms with Gasteiger partial charge < -0.3 is 10.1 Å². The van der Waals surface area contributed by atoms with Crippen molar-refractivity contribution in [2.24, 2.45) is 0 Å². The van der Waals surface area contributed by atoms with E-state index in [4.69, 9.17) is 4.74 Å². The molecule has 0 aliphatic carbocycles. The van der Waals surface area contributed by atoms with E-state index in [0.717, 1.165) is 22.6 Å². The highest BCUT2D eigenvalue weighted by Gasteiger charge is 2.44. The maximum absolute atomic E-state index is 13.5. The van der Waals surface area contributed by atoms with Crippen molar-refractivity contribution >= 4 is 23.6 Å². The summed E-state index contributed by atoms with van der Waals surface area (Å²) in [4.78, 5) is 13.8. The van der Waals surface area contributed by atoms with Crippen molar-refractivity contribution in [1.82, 2.24) is 10.2 Å². The van der Waals surface area contributed by atoms with Crippen LogP contribution in [0, 0.1) is 0 Å². The van der Waals surface area contributed by atoms with Crippen molar-refractivity contribution in [3.05, 3.63) is 87.3 Å². The van der Waals surface area contributed by atoms with Crippen molar-refractivity contribution < 1.29 is 49.0 Å². The smallest absolute Gasteiger partial charge is 0.416 e. The Balaban J connectivity index is 1.70. The van der Waals surface area contributed by atoms with Crippen molar-refractivity contribution in [3.63, 3.8) is 0 Å². The molecule has 1 fully saturated rings. The number of nitrogens with one attached hydrogen (secondary N) is 1. The lowest BCUT2D eigenvalue weighted by Gasteiger charge is -2.24. The third kappa shape index (κ3) is 6.06. The molecule has 1 N–H and O–H groups in total. The second-order valence-electron chi connectivity index (χ2n) is 9.42. The van der Waals surface area contributed by atoms with E-state index in [9.17, 15) is 44.3 Å². The number of carbonyl (C=O) groups excluding carboxylic acids is 1. The van der Waals surface area contributed by atoms with E-state index in [1.54, 1.807) is 12.3 Å². The predicted molar refractivity (Wildman–Crippen MR) is 129 cm³/mol. The topological polar surface area (TPSA) is 41.6 Å². The highest BCUT2D eigenvalue weighted by atomic mass is 32.2. The number of cyclic esters (lactones) is 1. The van der Waals surface area contributed by atoms with Crippen molar-refractivity contribution in [1.29, 1.82) is 0 Å². The molecule has 2 heterocycles. The highest BCUT2D eigenvalue weighted by Crippen LogP contribution is 2.42. The first-order chi connectivity index (χ1) is 18.4. The van der Waals surface area contributed by atoms with Gasteiger partial charge in [0.2, 0.25) is 0 Å². The number of benzene rings is 2. The Kier molecular flexibility index (Phi) is 7.63. The lowest BCUT2D eigenvalue weighted by atomic mass is 9.96. The Labute approximate surface area is 226 Å². The van der Waals surface area contributed by atoms with Crippen LogP contribution in [0.25, 0.3) is 5.70 Å². The van der Waals surface area contributed by atoms with Gasteiger partial charge in [0.25, 0.3) is 0 Å². The fourth-order valence-corrected chi connectivity index (χ4v) is 5.27. The normalized spacial score (nSPS) is 21.8. The van der Waals surface area contributed by atoms with E-state index >= 15 is 0 Å². The molecule has 4 nitrogen and oxygen atoms in total. The van der Waals surface area contributed by atoms with Crippen LogP contribution >= 0.6 is 11.8 Å². The summed E-state index contributed by atoms with van der Waals surface area (Å²) < 4.78 is 126. The van der Waals surface area contributed by atoms with Gasteiger partial charge in [0.15, 0.2) is 0 Å². The molecule has 2 aromatic carbocycles. The average molecular weight is 597 g/mol. The van der Waals surface area contributed by atoms with Crippen LogP contribution in [-0.2, 0) is 29.8 Å². The maximum atomic E-state index is 13.5. The van der Waals surface area contributed by atoms with Gasteiger partial charge in [-0.3, -0.25) is 4.90 Å². The summed E-state index contributed by atoms with van der Waals surface area (Å²) in [5, 5.41) is 4.56. The summed E-state index contributed by atoms with van der Waals surface area (Å²) in [7, 11) is 0. The molecule has 2 aromatic rings. The molecule has 1 amide bonds. The third-order valence-corrected chi connectivity index (χ3v) is 7.61. The Morgan fingerprint density at radius 3 is 2.02 bits per heavy atom. The molecule has 2 aliphatic heterocycles. The lowest BCUT2D eigenvalue weighted by molar-refractivity contribution is -0.143. The number of amides is 1. The standard InChI is InChI=1S/C26H21F9N2O2S/c1-12(2)22-36-20(11-40-22)19-5-4-16(24(27,28)29)8-15(19)10-37-13(3)21(39-23(37)38)14-6-17(25(30,31)32)9-18(7-14)26(33,34)35/h4-9,11,13,21-22,36H,1,10H2,2-3H3/t13-,21-,22?/m0/s1. The molecule has 0 radical (unpaired) electrons. The summed E-state index contributed by atoms with van der Waals surface area (Å²) in [6.45, 7) is 6.47. The van der Waals surface area contributed by atoms with Gasteiger partial charge in [-0.25, -0.2) is 4.79 Å². The number of nitrogens with zero attached hydrogens (tertiary/aromatic N) is 1. The summed E-state index contributed by atoms with van der Waals surface area (Å²) in [5.41, 5.74) is -3.12. The van der Waals surface area contributed by atoms with Gasteiger partial charge in [0.1, 0.15) is 6.10 Å². The van der Waals surface area contributed by atoms with Crippen LogP contribution in [0.2, 0.25) is 0 Å². The van der Waals surface area contributed by atoms with Crippen molar-refractivity contribution in [3.8, 4) is 0 Å². The lowest BCUT2D eigenvalue weighted by Crippen LogP contribution is -2.32. The number of thioether (sulfide) groups is 1. The highest BCUT2D eigenvalue weighted by molar-refractivity contribution is 8.03. The zero-order valence-corrected chi connectivity index (χ0v) is 21.6. The quantitative estimate of drug-likeness (QED) is 0.278. The molecular weight excluding hydrogens is 575 g/mol. The fourth-order valence-electron chi connectivity index (χ4n) is 4.38. The van der Waals surface area contributed by atoms with Crippen LogP contribution in [-0.4, -0.2) is 22.4 Å². The minimum Gasteiger partial charge on any atom is -0.439 e. The van der Waals surface area contributed by atoms with Gasteiger partial charge in [-0.05, 0) is 66.3 Å². The molecule has 3 atom stereocenters. The average Bonchev–Trinajstić information content (AvgIpc) is 3.43. The molecule has 14 heteroatoms. The Morgan fingerprint density at radius 2 is 1.52 bits per heavy atom. The zero-order valence-electron chi connectivity index (χ0n) is 20.8. The van der Waals surface area contributed by atoms with E-state index in [1.807, 2.05) is 0 Å². The molecule has 40 heavy (non-hydrogen) atoms. The largest absolute Gasteiger partial charge is 0.439 e. The molecule has 0 aromatic heterocycles. The third-order valence-electron chi connectivity index (χ3n) is 6.45. The number of hydrogen-bond donors (Lipinski definition) is 1. The van der Waals surface area contributed by atoms with Gasteiger partial charge in [-0.15, -0.1) is 11.8 Å². The number of rotatable bonds is 5. The predicted octanol–water partition coefficient (Wildman–Crippen LogP) is 8.36. The van der Waals surface area contributed by atoms with Crippen LogP contribution in [0.1, 0.15) is 53.3 Å².